The smallest absolute Gasteiger partial charge is 0.254 e. The number of carbonyl (C=O) groups is 2. The molecule has 190 valence electrons. The summed E-state index contributed by atoms with van der Waals surface area (Å²) in [4.78, 5) is 30.9. The fourth-order valence-corrected chi connectivity index (χ4v) is 4.88. The molecule has 1 aromatic heterocycles. The summed E-state index contributed by atoms with van der Waals surface area (Å²) in [7, 11) is 1.65. The van der Waals surface area contributed by atoms with Gasteiger partial charge in [0, 0.05) is 42.1 Å². The van der Waals surface area contributed by atoms with E-state index in [1.165, 1.54) is 5.56 Å². The van der Waals surface area contributed by atoms with Gasteiger partial charge in [0.15, 0.2) is 0 Å². The normalized spacial score (nSPS) is 15.5. The molecule has 0 saturated carbocycles. The van der Waals surface area contributed by atoms with Gasteiger partial charge in [-0.25, -0.2) is 0 Å². The van der Waals surface area contributed by atoms with E-state index in [0.29, 0.717) is 18.7 Å². The number of para-hydroxylation sites is 1. The van der Waals surface area contributed by atoms with Crippen molar-refractivity contribution in [2.45, 2.75) is 58.7 Å². The van der Waals surface area contributed by atoms with Gasteiger partial charge < -0.3 is 19.1 Å². The Kier molecular flexibility index (Phi) is 7.25. The molecule has 1 aliphatic rings. The predicted molar refractivity (Wildman–Crippen MR) is 142 cm³/mol. The number of hydrogen-bond donors (Lipinski definition) is 0. The van der Waals surface area contributed by atoms with Gasteiger partial charge in [-0.3, -0.25) is 9.59 Å². The number of amides is 2. The Labute approximate surface area is 214 Å². The molecular formula is C30H37N3O3. The van der Waals surface area contributed by atoms with Crippen LogP contribution in [0, 0.1) is 0 Å². The van der Waals surface area contributed by atoms with E-state index in [4.69, 9.17) is 4.74 Å². The van der Waals surface area contributed by atoms with Gasteiger partial charge in [-0.2, -0.15) is 0 Å². The molecule has 6 heteroatoms. The molecule has 0 N–H and O–H groups in total. The van der Waals surface area contributed by atoms with Crippen molar-refractivity contribution in [2.75, 3.05) is 20.2 Å². The molecule has 36 heavy (non-hydrogen) atoms. The third-order valence-corrected chi connectivity index (χ3v) is 6.98. The maximum absolute atomic E-state index is 13.8. The number of benzene rings is 2. The van der Waals surface area contributed by atoms with Crippen LogP contribution in [0.15, 0.2) is 66.9 Å². The highest BCUT2D eigenvalue weighted by molar-refractivity contribution is 5.97. The van der Waals surface area contributed by atoms with Gasteiger partial charge in [0.1, 0.15) is 18.3 Å². The second-order valence-corrected chi connectivity index (χ2v) is 10.7. The minimum atomic E-state index is -0.285. The number of fused-ring (bicyclic) bond motifs is 1. The molecule has 2 aromatic carbocycles. The molecule has 6 nitrogen and oxygen atoms in total. The SMILES string of the molecule is COc1ccccc1C1c2cccn2CCN1C(=O)CN(C(=O)c1ccc(C(C)(C)C)cc1)C(C)C. The Bertz CT molecular complexity index is 1220. The van der Waals surface area contributed by atoms with Crippen LogP contribution >= 0.6 is 0 Å². The zero-order valence-corrected chi connectivity index (χ0v) is 22.2. The van der Waals surface area contributed by atoms with Crippen LogP contribution in [0.4, 0.5) is 0 Å². The van der Waals surface area contributed by atoms with E-state index in [2.05, 4.69) is 31.4 Å². The lowest BCUT2D eigenvalue weighted by molar-refractivity contribution is -0.135. The van der Waals surface area contributed by atoms with E-state index in [9.17, 15) is 9.59 Å². The van der Waals surface area contributed by atoms with Gasteiger partial charge in [-0.1, -0.05) is 51.1 Å². The molecule has 4 rings (SSSR count). The first-order valence-corrected chi connectivity index (χ1v) is 12.6. The minimum Gasteiger partial charge on any atom is -0.496 e. The summed E-state index contributed by atoms with van der Waals surface area (Å²) >= 11 is 0. The average molecular weight is 488 g/mol. The highest BCUT2D eigenvalue weighted by Crippen LogP contribution is 2.37. The Hall–Kier alpha value is -3.54. The average Bonchev–Trinajstić information content (AvgIpc) is 3.34. The zero-order valence-electron chi connectivity index (χ0n) is 22.2. The first kappa shape index (κ1) is 25.5. The minimum absolute atomic E-state index is 0.00864. The summed E-state index contributed by atoms with van der Waals surface area (Å²) in [5, 5.41) is 0. The second kappa shape index (κ2) is 10.2. The Morgan fingerprint density at radius 3 is 2.33 bits per heavy atom. The molecule has 1 atom stereocenters. The zero-order chi connectivity index (χ0) is 26.0. The fourth-order valence-electron chi connectivity index (χ4n) is 4.88. The second-order valence-electron chi connectivity index (χ2n) is 10.7. The number of rotatable bonds is 6. The predicted octanol–water partition coefficient (Wildman–Crippen LogP) is 5.28. The van der Waals surface area contributed by atoms with E-state index in [-0.39, 0.29) is 35.9 Å². The summed E-state index contributed by atoms with van der Waals surface area (Å²) in [5.41, 5.74) is 3.75. The number of hydrogen-bond acceptors (Lipinski definition) is 3. The largest absolute Gasteiger partial charge is 0.496 e. The van der Waals surface area contributed by atoms with Gasteiger partial charge in [0.2, 0.25) is 5.91 Å². The first-order valence-electron chi connectivity index (χ1n) is 12.6. The summed E-state index contributed by atoms with van der Waals surface area (Å²) in [6.45, 7) is 11.6. The van der Waals surface area contributed by atoms with Crippen LogP contribution < -0.4 is 4.74 Å². The Morgan fingerprint density at radius 2 is 1.69 bits per heavy atom. The molecule has 2 heterocycles. The number of carbonyl (C=O) groups excluding carboxylic acids is 2. The highest BCUT2D eigenvalue weighted by Gasteiger charge is 2.35. The van der Waals surface area contributed by atoms with Crippen LogP contribution in [-0.4, -0.2) is 52.4 Å². The van der Waals surface area contributed by atoms with Crippen molar-refractivity contribution < 1.29 is 14.3 Å². The summed E-state index contributed by atoms with van der Waals surface area (Å²) in [5.74, 6) is 0.533. The first-order chi connectivity index (χ1) is 17.1. The van der Waals surface area contributed by atoms with Gasteiger partial charge in [0.05, 0.1) is 7.11 Å². The van der Waals surface area contributed by atoms with E-state index in [1.807, 2.05) is 79.5 Å². The molecule has 0 saturated heterocycles. The van der Waals surface area contributed by atoms with E-state index >= 15 is 0 Å². The molecule has 0 aliphatic carbocycles. The maximum Gasteiger partial charge on any atom is 0.254 e. The highest BCUT2D eigenvalue weighted by atomic mass is 16.5. The number of nitrogens with zero attached hydrogens (tertiary/aromatic N) is 3. The van der Waals surface area contributed by atoms with Gasteiger partial charge in [0.25, 0.3) is 5.91 Å². The maximum atomic E-state index is 13.8. The third-order valence-electron chi connectivity index (χ3n) is 6.98. The van der Waals surface area contributed by atoms with Crippen molar-refractivity contribution in [1.29, 1.82) is 0 Å². The van der Waals surface area contributed by atoms with Crippen LogP contribution in [0.25, 0.3) is 0 Å². The van der Waals surface area contributed by atoms with E-state index in [1.54, 1.807) is 12.0 Å². The van der Waals surface area contributed by atoms with Crippen LogP contribution in [0.1, 0.15) is 67.8 Å². The van der Waals surface area contributed by atoms with Crippen LogP contribution in [0.3, 0.4) is 0 Å². The van der Waals surface area contributed by atoms with Crippen molar-refractivity contribution in [3.63, 3.8) is 0 Å². The van der Waals surface area contributed by atoms with Gasteiger partial charge in [-0.15, -0.1) is 0 Å². The summed E-state index contributed by atoms with van der Waals surface area (Å²) in [6.07, 6.45) is 2.05. The molecule has 0 fully saturated rings. The lowest BCUT2D eigenvalue weighted by atomic mass is 9.86. The molecule has 1 aliphatic heterocycles. The molecule has 0 radical (unpaired) electrons. The molecule has 0 spiro atoms. The molecule has 3 aromatic rings. The third kappa shape index (κ3) is 5.03. The van der Waals surface area contributed by atoms with Crippen molar-refractivity contribution >= 4 is 11.8 Å². The Balaban J connectivity index is 1.62. The topological polar surface area (TPSA) is 54.8 Å². The number of methoxy groups -OCH3 is 1. The van der Waals surface area contributed by atoms with Gasteiger partial charge in [-0.05, 0) is 55.2 Å². The number of ether oxygens (including phenoxy) is 1. The van der Waals surface area contributed by atoms with Crippen LogP contribution in [0.2, 0.25) is 0 Å². The molecule has 0 bridgehead atoms. The van der Waals surface area contributed by atoms with Crippen molar-refractivity contribution in [3.05, 3.63) is 89.2 Å². The quantitative estimate of drug-likeness (QED) is 0.476. The Morgan fingerprint density at radius 1 is 1.00 bits per heavy atom. The molecule has 1 unspecified atom stereocenters. The van der Waals surface area contributed by atoms with Crippen molar-refractivity contribution in [2.24, 2.45) is 0 Å². The number of aromatic nitrogens is 1. The molecular weight excluding hydrogens is 450 g/mol. The van der Waals surface area contributed by atoms with E-state index < -0.39 is 0 Å². The summed E-state index contributed by atoms with van der Waals surface area (Å²) in [6, 6.07) is 19.2. The van der Waals surface area contributed by atoms with Crippen molar-refractivity contribution in [1.82, 2.24) is 14.4 Å². The van der Waals surface area contributed by atoms with Crippen LogP contribution in [-0.2, 0) is 16.8 Å². The fraction of sp³-hybridized carbons (Fsp3) is 0.400. The van der Waals surface area contributed by atoms with Crippen molar-refractivity contribution in [3.8, 4) is 5.75 Å². The summed E-state index contributed by atoms with van der Waals surface area (Å²) < 4.78 is 7.84. The van der Waals surface area contributed by atoms with E-state index in [0.717, 1.165) is 17.0 Å². The van der Waals surface area contributed by atoms with Crippen LogP contribution in [0.5, 0.6) is 5.75 Å². The lowest BCUT2D eigenvalue weighted by Crippen LogP contribution is -2.49. The monoisotopic (exact) mass is 487 g/mol. The van der Waals surface area contributed by atoms with Gasteiger partial charge >= 0.3 is 0 Å². The lowest BCUT2D eigenvalue weighted by Gasteiger charge is -2.39. The molecule has 2 amide bonds. The standard InChI is InChI=1S/C30H37N3O3/c1-21(2)33(29(35)22-13-15-23(16-14-22)30(3,4)5)20-27(34)32-19-18-31-17-9-11-25(31)28(32)24-10-7-8-12-26(24)36-6/h7-17,21,28H,18-20H2,1-6H3.